The number of aliphatic hydroxyl groups excluding tert-OH is 2. The summed E-state index contributed by atoms with van der Waals surface area (Å²) >= 11 is 0. The van der Waals surface area contributed by atoms with Crippen LogP contribution >= 0.6 is 7.82 Å². The van der Waals surface area contributed by atoms with Crippen LogP contribution < -0.4 is 11.1 Å². The van der Waals surface area contributed by atoms with Gasteiger partial charge in [0, 0.05) is 6.54 Å². The monoisotopic (exact) mass is 672 g/mol. The Morgan fingerprint density at radius 2 is 1.24 bits per heavy atom. The van der Waals surface area contributed by atoms with E-state index in [1.54, 1.807) is 6.08 Å². The SMILES string of the molecule is CCCCCC/C=C/CC/C=C/CC/C=C/C(O)C(COP(=O)(O)OCCN)NC(=O)CC(O)CCCCCCCCCCCC. The average molecular weight is 673 g/mol. The first-order valence-corrected chi connectivity index (χ1v) is 19.7. The van der Waals surface area contributed by atoms with Gasteiger partial charge in [-0.25, -0.2) is 4.57 Å². The number of amides is 1. The normalized spacial score (nSPS) is 15.5. The maximum atomic E-state index is 12.7. The van der Waals surface area contributed by atoms with Crippen LogP contribution in [-0.4, -0.2) is 59.0 Å². The minimum absolute atomic E-state index is 0.0423. The zero-order valence-corrected chi connectivity index (χ0v) is 30.1. The minimum Gasteiger partial charge on any atom is -0.393 e. The molecule has 4 atom stereocenters. The fraction of sp³-hybridized carbons (Fsp3) is 0.806. The van der Waals surface area contributed by atoms with Gasteiger partial charge in [0.05, 0.1) is 37.9 Å². The van der Waals surface area contributed by atoms with E-state index in [0.29, 0.717) is 12.8 Å². The van der Waals surface area contributed by atoms with E-state index >= 15 is 0 Å². The summed E-state index contributed by atoms with van der Waals surface area (Å²) in [5, 5.41) is 23.8. The summed E-state index contributed by atoms with van der Waals surface area (Å²) in [6.45, 7) is 3.87. The maximum Gasteiger partial charge on any atom is 0.472 e. The van der Waals surface area contributed by atoms with Crippen molar-refractivity contribution in [1.82, 2.24) is 5.32 Å². The lowest BCUT2D eigenvalue weighted by atomic mass is 10.0. The Hall–Kier alpha value is -1.32. The van der Waals surface area contributed by atoms with Crippen molar-refractivity contribution >= 4 is 13.7 Å². The van der Waals surface area contributed by atoms with Gasteiger partial charge in [-0.15, -0.1) is 0 Å². The summed E-state index contributed by atoms with van der Waals surface area (Å²) < 4.78 is 21.9. The molecule has 0 aromatic rings. The molecule has 46 heavy (non-hydrogen) atoms. The first kappa shape index (κ1) is 44.7. The number of aliphatic hydroxyl groups is 2. The largest absolute Gasteiger partial charge is 0.472 e. The number of allylic oxidation sites excluding steroid dienone is 5. The van der Waals surface area contributed by atoms with Gasteiger partial charge in [0.15, 0.2) is 0 Å². The molecule has 0 aliphatic heterocycles. The molecule has 0 aliphatic rings. The summed E-state index contributed by atoms with van der Waals surface area (Å²) in [6.07, 6.45) is 32.3. The highest BCUT2D eigenvalue weighted by Crippen LogP contribution is 2.43. The third-order valence-electron chi connectivity index (χ3n) is 7.75. The number of unbranched alkanes of at least 4 members (excludes halogenated alkanes) is 15. The lowest BCUT2D eigenvalue weighted by Gasteiger charge is -2.24. The van der Waals surface area contributed by atoms with E-state index in [1.165, 1.54) is 70.6 Å². The molecule has 9 nitrogen and oxygen atoms in total. The van der Waals surface area contributed by atoms with Crippen LogP contribution in [0.5, 0.6) is 0 Å². The quantitative estimate of drug-likeness (QED) is 0.0266. The van der Waals surface area contributed by atoms with Crippen LogP contribution in [-0.2, 0) is 18.4 Å². The molecule has 0 saturated heterocycles. The van der Waals surface area contributed by atoms with Crippen LogP contribution in [0.15, 0.2) is 36.5 Å². The second-order valence-corrected chi connectivity index (χ2v) is 13.7. The van der Waals surface area contributed by atoms with E-state index in [2.05, 4.69) is 43.5 Å². The van der Waals surface area contributed by atoms with E-state index in [9.17, 15) is 24.5 Å². The van der Waals surface area contributed by atoms with E-state index in [0.717, 1.165) is 44.9 Å². The fourth-order valence-electron chi connectivity index (χ4n) is 4.97. The Labute approximate surface area is 281 Å². The van der Waals surface area contributed by atoms with Crippen LogP contribution in [0.4, 0.5) is 0 Å². The first-order valence-electron chi connectivity index (χ1n) is 18.2. The highest BCUT2D eigenvalue weighted by atomic mass is 31.2. The standard InChI is InChI=1S/C36H69N2O7P/c1-3-5-7-9-11-13-15-16-17-18-20-22-24-26-28-35(40)34(32-45-46(42,43)44-30-29-37)38-36(41)31-33(39)27-25-23-21-19-14-12-10-8-6-4-2/h13,15,18,20,26,28,33-35,39-40H,3-12,14,16-17,19,21-25,27,29-32,37H2,1-2H3,(H,38,41)(H,42,43)/b15-13+,20-18+,28-26+. The molecular weight excluding hydrogens is 603 g/mol. The fourth-order valence-corrected chi connectivity index (χ4v) is 5.73. The molecule has 1 amide bonds. The number of carbonyl (C=O) groups excluding carboxylic acids is 1. The zero-order valence-electron chi connectivity index (χ0n) is 29.2. The van der Waals surface area contributed by atoms with Gasteiger partial charge in [0.25, 0.3) is 0 Å². The molecule has 10 heteroatoms. The van der Waals surface area contributed by atoms with Crippen LogP contribution in [0.2, 0.25) is 0 Å². The third-order valence-corrected chi connectivity index (χ3v) is 8.74. The topological polar surface area (TPSA) is 151 Å². The molecule has 270 valence electrons. The lowest BCUT2D eigenvalue weighted by Crippen LogP contribution is -2.46. The Bertz CT molecular complexity index is 837. The molecule has 0 aromatic carbocycles. The highest BCUT2D eigenvalue weighted by molar-refractivity contribution is 7.47. The van der Waals surface area contributed by atoms with Crippen LogP contribution in [0.3, 0.4) is 0 Å². The van der Waals surface area contributed by atoms with Gasteiger partial charge in [-0.3, -0.25) is 13.8 Å². The second kappa shape index (κ2) is 32.2. The van der Waals surface area contributed by atoms with E-state index in [4.69, 9.17) is 14.8 Å². The van der Waals surface area contributed by atoms with Crippen LogP contribution in [0, 0.1) is 0 Å². The van der Waals surface area contributed by atoms with Crippen molar-refractivity contribution in [2.75, 3.05) is 19.8 Å². The summed E-state index contributed by atoms with van der Waals surface area (Å²) in [4.78, 5) is 22.6. The predicted octanol–water partition coefficient (Wildman–Crippen LogP) is 8.19. The summed E-state index contributed by atoms with van der Waals surface area (Å²) in [6, 6.07) is -1.00. The first-order chi connectivity index (χ1) is 22.3. The van der Waals surface area contributed by atoms with Gasteiger partial charge in [-0.1, -0.05) is 134 Å². The molecule has 0 aromatic heterocycles. The molecular formula is C36H69N2O7P. The number of hydrogen-bond acceptors (Lipinski definition) is 7. The highest BCUT2D eigenvalue weighted by Gasteiger charge is 2.27. The number of phosphoric ester groups is 1. The number of carbonyl (C=O) groups is 1. The van der Waals surface area contributed by atoms with E-state index in [1.807, 2.05) is 6.08 Å². The van der Waals surface area contributed by atoms with Crippen molar-refractivity contribution in [3.63, 3.8) is 0 Å². The molecule has 0 heterocycles. The van der Waals surface area contributed by atoms with Gasteiger partial charge in [-0.2, -0.15) is 0 Å². The molecule has 0 saturated carbocycles. The van der Waals surface area contributed by atoms with Gasteiger partial charge in [0.1, 0.15) is 0 Å². The number of hydrogen-bond donors (Lipinski definition) is 5. The maximum absolute atomic E-state index is 12.7. The van der Waals surface area contributed by atoms with Crippen LogP contribution in [0.1, 0.15) is 149 Å². The summed E-state index contributed by atoms with van der Waals surface area (Å²) in [5.41, 5.74) is 5.33. The number of nitrogens with one attached hydrogen (secondary N) is 1. The van der Waals surface area contributed by atoms with Crippen molar-refractivity contribution in [2.45, 2.75) is 167 Å². The number of phosphoric acid groups is 1. The molecule has 0 spiro atoms. The summed E-state index contributed by atoms with van der Waals surface area (Å²) in [5.74, 6) is -0.464. The Morgan fingerprint density at radius 1 is 0.739 bits per heavy atom. The van der Waals surface area contributed by atoms with Gasteiger partial charge >= 0.3 is 7.82 Å². The smallest absolute Gasteiger partial charge is 0.393 e. The Kier molecular flexibility index (Phi) is 31.3. The van der Waals surface area contributed by atoms with Crippen molar-refractivity contribution < 1.29 is 33.5 Å². The van der Waals surface area contributed by atoms with E-state index < -0.39 is 38.6 Å². The van der Waals surface area contributed by atoms with Crippen molar-refractivity contribution in [3.8, 4) is 0 Å². The number of nitrogens with two attached hydrogens (primary N) is 1. The molecule has 0 radical (unpaired) electrons. The third kappa shape index (κ3) is 30.0. The predicted molar refractivity (Wildman–Crippen MR) is 190 cm³/mol. The molecule has 4 unspecified atom stereocenters. The van der Waals surface area contributed by atoms with Gasteiger partial charge < -0.3 is 26.2 Å². The Balaban J connectivity index is 4.57. The summed E-state index contributed by atoms with van der Waals surface area (Å²) in [7, 11) is -4.40. The Morgan fingerprint density at radius 3 is 1.80 bits per heavy atom. The average Bonchev–Trinajstić information content (AvgIpc) is 3.03. The zero-order chi connectivity index (χ0) is 34.1. The molecule has 0 fully saturated rings. The lowest BCUT2D eigenvalue weighted by molar-refractivity contribution is -0.124. The van der Waals surface area contributed by atoms with Crippen molar-refractivity contribution in [1.29, 1.82) is 0 Å². The molecule has 6 N–H and O–H groups in total. The minimum atomic E-state index is -4.40. The van der Waals surface area contributed by atoms with Gasteiger partial charge in [0.2, 0.25) is 5.91 Å². The van der Waals surface area contributed by atoms with Crippen molar-refractivity contribution in [3.05, 3.63) is 36.5 Å². The van der Waals surface area contributed by atoms with Crippen LogP contribution in [0.25, 0.3) is 0 Å². The molecule has 0 bridgehead atoms. The van der Waals surface area contributed by atoms with Gasteiger partial charge in [-0.05, 0) is 44.9 Å². The number of rotatable bonds is 33. The second-order valence-electron chi connectivity index (χ2n) is 12.3. The molecule has 0 rings (SSSR count). The van der Waals surface area contributed by atoms with E-state index in [-0.39, 0.29) is 19.6 Å². The molecule has 0 aliphatic carbocycles. The van der Waals surface area contributed by atoms with Crippen molar-refractivity contribution in [2.24, 2.45) is 5.73 Å².